The van der Waals surface area contributed by atoms with E-state index in [9.17, 15) is 9.50 Å². The van der Waals surface area contributed by atoms with Crippen LogP contribution in [0.2, 0.25) is 0 Å². The topological polar surface area (TPSA) is 23.5 Å². The van der Waals surface area contributed by atoms with E-state index in [0.29, 0.717) is 12.1 Å². The van der Waals surface area contributed by atoms with Crippen molar-refractivity contribution in [3.8, 4) is 0 Å². The van der Waals surface area contributed by atoms with Crippen molar-refractivity contribution in [2.75, 3.05) is 7.05 Å². The highest BCUT2D eigenvalue weighted by molar-refractivity contribution is 9.10. The van der Waals surface area contributed by atoms with Crippen molar-refractivity contribution < 1.29 is 9.50 Å². The molecule has 1 aromatic carbocycles. The molecule has 1 N–H and O–H groups in total. The second-order valence-electron chi connectivity index (χ2n) is 5.07. The molecular formula is C14H19BrFNO. The SMILES string of the molecule is CN(Cc1ccc(Br)cc1F)C1CCCCC1O. The van der Waals surface area contributed by atoms with Crippen molar-refractivity contribution in [3.63, 3.8) is 0 Å². The van der Waals surface area contributed by atoms with Crippen LogP contribution in [0.15, 0.2) is 22.7 Å². The fourth-order valence-electron chi connectivity index (χ4n) is 2.64. The van der Waals surface area contributed by atoms with E-state index in [0.717, 1.165) is 30.2 Å². The smallest absolute Gasteiger partial charge is 0.128 e. The maximum atomic E-state index is 13.8. The van der Waals surface area contributed by atoms with Crippen molar-refractivity contribution in [1.29, 1.82) is 0 Å². The lowest BCUT2D eigenvalue weighted by Gasteiger charge is -2.35. The number of halogens is 2. The van der Waals surface area contributed by atoms with Gasteiger partial charge in [0.25, 0.3) is 0 Å². The first-order chi connectivity index (χ1) is 8.58. The number of rotatable bonds is 3. The van der Waals surface area contributed by atoms with E-state index in [1.807, 2.05) is 13.1 Å². The van der Waals surface area contributed by atoms with Crippen LogP contribution in [0.25, 0.3) is 0 Å². The Bertz CT molecular complexity index is 413. The van der Waals surface area contributed by atoms with Crippen molar-refractivity contribution in [2.24, 2.45) is 0 Å². The van der Waals surface area contributed by atoms with Crippen molar-refractivity contribution >= 4 is 15.9 Å². The maximum absolute atomic E-state index is 13.8. The summed E-state index contributed by atoms with van der Waals surface area (Å²) < 4.78 is 14.5. The average molecular weight is 316 g/mol. The normalized spacial score (nSPS) is 24.5. The Morgan fingerprint density at radius 2 is 2.11 bits per heavy atom. The Balaban J connectivity index is 2.03. The van der Waals surface area contributed by atoms with Crippen LogP contribution in [0.5, 0.6) is 0 Å². The molecular weight excluding hydrogens is 297 g/mol. The second-order valence-corrected chi connectivity index (χ2v) is 5.99. The van der Waals surface area contributed by atoms with Gasteiger partial charge in [0.1, 0.15) is 5.82 Å². The van der Waals surface area contributed by atoms with E-state index in [1.54, 1.807) is 6.07 Å². The highest BCUT2D eigenvalue weighted by Gasteiger charge is 2.26. The molecule has 1 aromatic rings. The Hall–Kier alpha value is -0.450. The molecule has 2 rings (SSSR count). The number of hydrogen-bond acceptors (Lipinski definition) is 2. The third kappa shape index (κ3) is 3.31. The molecule has 1 fully saturated rings. The van der Waals surface area contributed by atoms with Gasteiger partial charge in [0, 0.05) is 22.6 Å². The lowest BCUT2D eigenvalue weighted by molar-refractivity contribution is 0.0284. The number of nitrogens with zero attached hydrogens (tertiary/aromatic N) is 1. The molecule has 0 amide bonds. The lowest BCUT2D eigenvalue weighted by atomic mass is 9.91. The van der Waals surface area contributed by atoms with Gasteiger partial charge in [-0.05, 0) is 32.0 Å². The summed E-state index contributed by atoms with van der Waals surface area (Å²) in [6.45, 7) is 0.542. The minimum atomic E-state index is -0.276. The van der Waals surface area contributed by atoms with E-state index >= 15 is 0 Å². The first kappa shape index (κ1) is 14.0. The van der Waals surface area contributed by atoms with E-state index in [1.165, 1.54) is 6.07 Å². The van der Waals surface area contributed by atoms with Gasteiger partial charge in [-0.15, -0.1) is 0 Å². The molecule has 1 aliphatic carbocycles. The van der Waals surface area contributed by atoms with Crippen LogP contribution in [0.4, 0.5) is 4.39 Å². The van der Waals surface area contributed by atoms with Crippen molar-refractivity contribution in [1.82, 2.24) is 4.90 Å². The third-order valence-corrected chi connectivity index (χ3v) is 4.19. The molecule has 1 saturated carbocycles. The van der Waals surface area contributed by atoms with Gasteiger partial charge in [-0.1, -0.05) is 34.8 Å². The Kier molecular flexibility index (Phi) is 4.76. The molecule has 0 saturated heterocycles. The zero-order valence-corrected chi connectivity index (χ0v) is 12.2. The summed E-state index contributed by atoms with van der Waals surface area (Å²) in [7, 11) is 1.96. The van der Waals surface area contributed by atoms with Crippen LogP contribution >= 0.6 is 15.9 Å². The molecule has 0 aromatic heterocycles. The lowest BCUT2D eigenvalue weighted by Crippen LogP contribution is -2.43. The fraction of sp³-hybridized carbons (Fsp3) is 0.571. The van der Waals surface area contributed by atoms with Gasteiger partial charge in [-0.2, -0.15) is 0 Å². The Morgan fingerprint density at radius 3 is 2.78 bits per heavy atom. The highest BCUT2D eigenvalue weighted by Crippen LogP contribution is 2.24. The number of likely N-dealkylation sites (N-methyl/N-ethyl adjacent to an activating group) is 1. The molecule has 2 atom stereocenters. The average Bonchev–Trinajstić information content (AvgIpc) is 2.33. The molecule has 0 spiro atoms. The van der Waals surface area contributed by atoms with Crippen LogP contribution in [-0.2, 0) is 6.54 Å². The molecule has 2 unspecified atom stereocenters. The van der Waals surface area contributed by atoms with Crippen LogP contribution in [0.1, 0.15) is 31.2 Å². The summed E-state index contributed by atoms with van der Waals surface area (Å²) in [5.41, 5.74) is 0.679. The van der Waals surface area contributed by atoms with Gasteiger partial charge in [-0.25, -0.2) is 4.39 Å². The standard InChI is InChI=1S/C14H19BrFNO/c1-17(13-4-2-3-5-14(13)18)9-10-6-7-11(15)8-12(10)16/h6-8,13-14,18H,2-5,9H2,1H3. The van der Waals surface area contributed by atoms with Gasteiger partial charge in [0.2, 0.25) is 0 Å². The minimum Gasteiger partial charge on any atom is -0.391 e. The molecule has 0 bridgehead atoms. The van der Waals surface area contributed by atoms with Crippen LogP contribution in [0, 0.1) is 5.82 Å². The van der Waals surface area contributed by atoms with Crippen LogP contribution in [-0.4, -0.2) is 29.2 Å². The van der Waals surface area contributed by atoms with Crippen molar-refractivity contribution in [3.05, 3.63) is 34.1 Å². The first-order valence-corrected chi connectivity index (χ1v) is 7.19. The summed E-state index contributed by atoms with van der Waals surface area (Å²) in [5.74, 6) is -0.193. The third-order valence-electron chi connectivity index (χ3n) is 3.69. The quantitative estimate of drug-likeness (QED) is 0.925. The molecule has 4 heteroatoms. The predicted octanol–water partition coefficient (Wildman–Crippen LogP) is 3.32. The number of aliphatic hydroxyl groups excluding tert-OH is 1. The van der Waals surface area contributed by atoms with Gasteiger partial charge in [0.05, 0.1) is 6.10 Å². The van der Waals surface area contributed by atoms with Gasteiger partial charge in [0.15, 0.2) is 0 Å². The van der Waals surface area contributed by atoms with E-state index in [-0.39, 0.29) is 18.0 Å². The van der Waals surface area contributed by atoms with E-state index < -0.39 is 0 Å². The second kappa shape index (κ2) is 6.13. The highest BCUT2D eigenvalue weighted by atomic mass is 79.9. The fourth-order valence-corrected chi connectivity index (χ4v) is 2.97. The minimum absolute atomic E-state index is 0.154. The Morgan fingerprint density at radius 1 is 1.39 bits per heavy atom. The monoisotopic (exact) mass is 315 g/mol. The van der Waals surface area contributed by atoms with Gasteiger partial charge >= 0.3 is 0 Å². The summed E-state index contributed by atoms with van der Waals surface area (Å²) in [6.07, 6.45) is 3.82. The summed E-state index contributed by atoms with van der Waals surface area (Å²) >= 11 is 3.26. The molecule has 0 radical (unpaired) electrons. The maximum Gasteiger partial charge on any atom is 0.128 e. The zero-order valence-electron chi connectivity index (χ0n) is 10.6. The largest absolute Gasteiger partial charge is 0.391 e. The van der Waals surface area contributed by atoms with Gasteiger partial charge in [-0.3, -0.25) is 4.90 Å². The Labute approximate surface area is 116 Å². The number of benzene rings is 1. The predicted molar refractivity (Wildman–Crippen MR) is 73.8 cm³/mol. The molecule has 100 valence electrons. The summed E-state index contributed by atoms with van der Waals surface area (Å²) in [6, 6.07) is 5.29. The van der Waals surface area contributed by atoms with Crippen LogP contribution < -0.4 is 0 Å². The first-order valence-electron chi connectivity index (χ1n) is 6.40. The molecule has 1 aliphatic rings. The number of hydrogen-bond donors (Lipinski definition) is 1. The summed E-state index contributed by atoms with van der Waals surface area (Å²) in [5, 5.41) is 9.99. The van der Waals surface area contributed by atoms with Crippen LogP contribution in [0.3, 0.4) is 0 Å². The van der Waals surface area contributed by atoms with Gasteiger partial charge < -0.3 is 5.11 Å². The molecule has 0 aliphatic heterocycles. The van der Waals surface area contributed by atoms with E-state index in [4.69, 9.17) is 0 Å². The molecule has 0 heterocycles. The number of aliphatic hydroxyl groups is 1. The molecule has 2 nitrogen and oxygen atoms in total. The zero-order chi connectivity index (χ0) is 13.1. The molecule has 18 heavy (non-hydrogen) atoms. The van der Waals surface area contributed by atoms with Crippen molar-refractivity contribution in [2.45, 2.75) is 44.4 Å². The summed E-state index contributed by atoms with van der Waals surface area (Å²) in [4.78, 5) is 2.07. The van der Waals surface area contributed by atoms with E-state index in [2.05, 4.69) is 20.8 Å².